The lowest BCUT2D eigenvalue weighted by Crippen LogP contribution is -2.05. The summed E-state index contributed by atoms with van der Waals surface area (Å²) in [6.45, 7) is 0. The second-order valence-electron chi connectivity index (χ2n) is 5.87. The van der Waals surface area contributed by atoms with Gasteiger partial charge in [0, 0.05) is 40.6 Å². The van der Waals surface area contributed by atoms with Gasteiger partial charge < -0.3 is 10.1 Å². The lowest BCUT2D eigenvalue weighted by molar-refractivity contribution is 0.103. The minimum Gasteiger partial charge on any atom is -0.407 e. The highest BCUT2D eigenvalue weighted by Gasteiger charge is 2.15. The van der Waals surface area contributed by atoms with Crippen molar-refractivity contribution in [2.24, 2.45) is 0 Å². The monoisotopic (exact) mass is 385 g/mol. The van der Waals surface area contributed by atoms with Crippen molar-refractivity contribution in [1.29, 1.82) is 0 Å². The Labute approximate surface area is 176 Å². The number of rotatable bonds is 5. The maximum absolute atomic E-state index is 13.0. The average molecular weight is 385 g/mol. The van der Waals surface area contributed by atoms with Gasteiger partial charge in [0.2, 0.25) is 0 Å². The second-order valence-corrected chi connectivity index (χ2v) is 5.87. The van der Waals surface area contributed by atoms with E-state index in [9.17, 15) is 4.79 Å². The van der Waals surface area contributed by atoms with Crippen molar-refractivity contribution in [3.63, 3.8) is 0 Å². The van der Waals surface area contributed by atoms with Crippen LogP contribution in [0.1, 0.15) is 15.9 Å². The molecule has 3 rings (SSSR count). The van der Waals surface area contributed by atoms with Gasteiger partial charge in [-0.3, -0.25) is 4.79 Å². The number of benzene rings is 3. The van der Waals surface area contributed by atoms with Crippen molar-refractivity contribution in [3.8, 4) is 53.8 Å². The molecule has 3 aromatic carbocycles. The van der Waals surface area contributed by atoms with Gasteiger partial charge in [0.1, 0.15) is 11.9 Å². The molecule has 0 bridgehead atoms. The van der Waals surface area contributed by atoms with E-state index in [1.165, 1.54) is 0 Å². The molecular formula is C27H15NO2. The Morgan fingerprint density at radius 1 is 0.800 bits per heavy atom. The van der Waals surface area contributed by atoms with Crippen LogP contribution in [0.5, 0.6) is 5.75 Å². The molecule has 140 valence electrons. The van der Waals surface area contributed by atoms with E-state index in [2.05, 4.69) is 46.9 Å². The molecule has 0 unspecified atom stereocenters. The summed E-state index contributed by atoms with van der Waals surface area (Å²) in [5, 5.41) is 3.27. The topological polar surface area (TPSA) is 38.3 Å². The molecule has 0 saturated heterocycles. The first-order chi connectivity index (χ1) is 14.8. The first kappa shape index (κ1) is 19.9. The highest BCUT2D eigenvalue weighted by molar-refractivity contribution is 6.12. The van der Waals surface area contributed by atoms with Crippen molar-refractivity contribution in [1.82, 2.24) is 0 Å². The number of hydrogen-bond acceptors (Lipinski definition) is 3. The highest BCUT2D eigenvalue weighted by atomic mass is 16.5. The summed E-state index contributed by atoms with van der Waals surface area (Å²) in [6.07, 6.45) is 7.50. The molecule has 0 aliphatic rings. The Kier molecular flexibility index (Phi) is 6.96. The summed E-state index contributed by atoms with van der Waals surface area (Å²) >= 11 is 0. The number of terminal acetylenes is 1. The molecule has 0 fully saturated rings. The summed E-state index contributed by atoms with van der Waals surface area (Å²) in [7, 11) is 0. The van der Waals surface area contributed by atoms with Crippen LogP contribution in [0.25, 0.3) is 0 Å². The van der Waals surface area contributed by atoms with Gasteiger partial charge in [-0.05, 0) is 42.0 Å². The lowest BCUT2D eigenvalue weighted by Gasteiger charge is -2.13. The molecule has 0 amide bonds. The van der Waals surface area contributed by atoms with Crippen molar-refractivity contribution in [3.05, 3.63) is 90.0 Å². The minimum absolute atomic E-state index is 0.0929. The highest BCUT2D eigenvalue weighted by Crippen LogP contribution is 2.28. The van der Waals surface area contributed by atoms with Gasteiger partial charge in [0.05, 0.1) is 5.69 Å². The summed E-state index contributed by atoms with van der Waals surface area (Å²) in [6, 6.07) is 23.8. The third-order valence-corrected chi connectivity index (χ3v) is 3.87. The number of ketones is 1. The molecule has 0 aliphatic carbocycles. The molecule has 3 aromatic rings. The van der Waals surface area contributed by atoms with Crippen molar-refractivity contribution in [2.45, 2.75) is 0 Å². The number of hydrogen-bond donors (Lipinski definition) is 1. The predicted molar refractivity (Wildman–Crippen MR) is 119 cm³/mol. The fourth-order valence-corrected chi connectivity index (χ4v) is 2.55. The lowest BCUT2D eigenvalue weighted by atomic mass is 10.0. The Morgan fingerprint density at radius 3 is 2.20 bits per heavy atom. The van der Waals surface area contributed by atoms with Crippen LogP contribution < -0.4 is 10.1 Å². The number of carbonyl (C=O) groups excluding carboxylic acids is 1. The summed E-state index contributed by atoms with van der Waals surface area (Å²) in [5.41, 5.74) is 2.58. The predicted octanol–water partition coefficient (Wildman–Crippen LogP) is 4.64. The number of ether oxygens (including phenoxy) is 1. The summed E-state index contributed by atoms with van der Waals surface area (Å²) in [4.78, 5) is 13.0. The Balaban J connectivity index is 1.89. The SMILES string of the molecule is C#CC#CC#CC#COc1ccc(C(=O)c2ccccc2)c(Nc2ccccc2)c1. The summed E-state index contributed by atoms with van der Waals surface area (Å²) < 4.78 is 5.43. The third kappa shape index (κ3) is 5.58. The molecule has 0 atom stereocenters. The molecule has 0 saturated carbocycles. The van der Waals surface area contributed by atoms with Gasteiger partial charge in [-0.15, -0.1) is 6.42 Å². The van der Waals surface area contributed by atoms with Gasteiger partial charge in [-0.25, -0.2) is 0 Å². The van der Waals surface area contributed by atoms with E-state index >= 15 is 0 Å². The standard InChI is InChI=1S/C27H15NO2/c1-2-3-4-5-6-13-20-30-24-18-19-25(27(29)22-14-9-7-10-15-22)26(21-24)28-23-16-11-8-12-17-23/h1,7-12,14-19,21,28H. The molecule has 0 aromatic heterocycles. The zero-order valence-corrected chi connectivity index (χ0v) is 15.9. The molecule has 30 heavy (non-hydrogen) atoms. The Bertz CT molecular complexity index is 1270. The molecule has 3 heteroatoms. The quantitative estimate of drug-likeness (QED) is 0.514. The van der Waals surface area contributed by atoms with E-state index in [4.69, 9.17) is 11.2 Å². The molecule has 0 spiro atoms. The number of nitrogens with one attached hydrogen (secondary N) is 1. The van der Waals surface area contributed by atoms with Crippen LogP contribution >= 0.6 is 0 Å². The molecular weight excluding hydrogens is 370 g/mol. The van der Waals surface area contributed by atoms with E-state index < -0.39 is 0 Å². The van der Waals surface area contributed by atoms with Crippen LogP contribution in [-0.4, -0.2) is 5.78 Å². The largest absolute Gasteiger partial charge is 0.407 e. The maximum atomic E-state index is 13.0. The number of carbonyl (C=O) groups is 1. The number of para-hydroxylation sites is 1. The number of anilines is 2. The van der Waals surface area contributed by atoms with E-state index in [0.717, 1.165) is 5.69 Å². The molecule has 0 heterocycles. The third-order valence-electron chi connectivity index (χ3n) is 3.87. The van der Waals surface area contributed by atoms with E-state index in [0.29, 0.717) is 22.6 Å². The van der Waals surface area contributed by atoms with E-state index in [1.54, 1.807) is 30.3 Å². The van der Waals surface area contributed by atoms with Crippen molar-refractivity contribution in [2.75, 3.05) is 5.32 Å². The van der Waals surface area contributed by atoms with E-state index in [1.807, 2.05) is 48.5 Å². The van der Waals surface area contributed by atoms with Crippen LogP contribution in [0, 0.1) is 48.1 Å². The first-order valence-electron chi connectivity index (χ1n) is 8.96. The van der Waals surface area contributed by atoms with Gasteiger partial charge in [0.25, 0.3) is 0 Å². The van der Waals surface area contributed by atoms with Crippen molar-refractivity contribution < 1.29 is 9.53 Å². The first-order valence-corrected chi connectivity index (χ1v) is 8.96. The van der Waals surface area contributed by atoms with Crippen LogP contribution in [0.2, 0.25) is 0 Å². The smallest absolute Gasteiger partial charge is 0.195 e. The molecule has 0 aliphatic heterocycles. The zero-order valence-electron chi connectivity index (χ0n) is 15.9. The zero-order chi connectivity index (χ0) is 21.0. The van der Waals surface area contributed by atoms with E-state index in [-0.39, 0.29) is 5.78 Å². The van der Waals surface area contributed by atoms with Gasteiger partial charge in [-0.2, -0.15) is 0 Å². The normalized spacial score (nSPS) is 8.63. The fourth-order valence-electron chi connectivity index (χ4n) is 2.55. The maximum Gasteiger partial charge on any atom is 0.195 e. The van der Waals surface area contributed by atoms with Crippen LogP contribution in [-0.2, 0) is 0 Å². The fraction of sp³-hybridized carbons (Fsp3) is 0. The average Bonchev–Trinajstić information content (AvgIpc) is 2.79. The summed E-state index contributed by atoms with van der Waals surface area (Å²) in [5.74, 6) is 14.9. The molecule has 0 radical (unpaired) electrons. The van der Waals surface area contributed by atoms with Crippen molar-refractivity contribution >= 4 is 17.2 Å². The van der Waals surface area contributed by atoms with Crippen LogP contribution in [0.3, 0.4) is 0 Å². The minimum atomic E-state index is -0.0929. The van der Waals surface area contributed by atoms with Crippen LogP contribution in [0.15, 0.2) is 78.9 Å². The Morgan fingerprint density at radius 2 is 1.47 bits per heavy atom. The molecule has 3 nitrogen and oxygen atoms in total. The second kappa shape index (κ2) is 10.5. The Hall–Kier alpha value is -4.83. The van der Waals surface area contributed by atoms with Gasteiger partial charge in [-0.1, -0.05) is 48.5 Å². The van der Waals surface area contributed by atoms with Gasteiger partial charge >= 0.3 is 0 Å². The van der Waals surface area contributed by atoms with Crippen LogP contribution in [0.4, 0.5) is 11.4 Å². The van der Waals surface area contributed by atoms with Gasteiger partial charge in [0.15, 0.2) is 5.78 Å². The molecule has 1 N–H and O–H groups in total.